The van der Waals surface area contributed by atoms with Crippen LogP contribution < -0.4 is 10.0 Å². The number of carbonyl (C=O) groups excluding carboxylic acids is 1. The second kappa shape index (κ2) is 4.95. The Bertz CT molecular complexity index is 552. The molecule has 0 radical (unpaired) electrons. The Kier molecular flexibility index (Phi) is 3.53. The standard InChI is InChI=1S/C11H14N2O4S/c14-9-3-1-2-4-10(9)18(16,17)12-7-11(15)13-8-5-6-8/h1-4,8,12,14H,5-7H2,(H,13,15). The van der Waals surface area contributed by atoms with Crippen molar-refractivity contribution < 1.29 is 18.3 Å². The van der Waals surface area contributed by atoms with Crippen LogP contribution in [0.25, 0.3) is 0 Å². The number of rotatable bonds is 5. The zero-order valence-electron chi connectivity index (χ0n) is 9.59. The van der Waals surface area contributed by atoms with Gasteiger partial charge in [-0.05, 0) is 25.0 Å². The van der Waals surface area contributed by atoms with Crippen molar-refractivity contribution in [2.75, 3.05) is 6.54 Å². The minimum atomic E-state index is -3.86. The molecular weight excluding hydrogens is 256 g/mol. The number of amides is 1. The summed E-state index contributed by atoms with van der Waals surface area (Å²) in [6, 6.07) is 5.76. The Labute approximate surface area is 105 Å². The third-order valence-corrected chi connectivity index (χ3v) is 3.97. The van der Waals surface area contributed by atoms with Gasteiger partial charge >= 0.3 is 0 Å². The fourth-order valence-corrected chi connectivity index (χ4v) is 2.51. The van der Waals surface area contributed by atoms with Crippen molar-refractivity contribution in [3.05, 3.63) is 24.3 Å². The first-order chi connectivity index (χ1) is 8.49. The van der Waals surface area contributed by atoms with E-state index in [0.29, 0.717) is 0 Å². The average Bonchev–Trinajstić information content (AvgIpc) is 3.11. The van der Waals surface area contributed by atoms with Gasteiger partial charge in [0.05, 0.1) is 6.54 Å². The van der Waals surface area contributed by atoms with E-state index in [9.17, 15) is 18.3 Å². The molecule has 1 aromatic rings. The SMILES string of the molecule is O=C(CNS(=O)(=O)c1ccccc1O)NC1CC1. The quantitative estimate of drug-likeness (QED) is 0.699. The van der Waals surface area contributed by atoms with Crippen LogP contribution in [0.15, 0.2) is 29.2 Å². The minimum Gasteiger partial charge on any atom is -0.507 e. The molecule has 0 atom stereocenters. The van der Waals surface area contributed by atoms with Crippen LogP contribution >= 0.6 is 0 Å². The molecule has 0 bridgehead atoms. The van der Waals surface area contributed by atoms with E-state index in [4.69, 9.17) is 0 Å². The molecule has 0 aliphatic heterocycles. The van der Waals surface area contributed by atoms with Crippen LogP contribution in [0.4, 0.5) is 0 Å². The van der Waals surface area contributed by atoms with Gasteiger partial charge in [-0.15, -0.1) is 0 Å². The van der Waals surface area contributed by atoms with Crippen LogP contribution in [-0.2, 0) is 14.8 Å². The maximum absolute atomic E-state index is 11.8. The normalized spacial score (nSPS) is 15.3. The first kappa shape index (κ1) is 12.8. The van der Waals surface area contributed by atoms with E-state index in [1.807, 2.05) is 0 Å². The number of phenolic OH excluding ortho intramolecular Hbond substituents is 1. The lowest BCUT2D eigenvalue weighted by atomic mass is 10.3. The van der Waals surface area contributed by atoms with Crippen molar-refractivity contribution in [1.29, 1.82) is 0 Å². The summed E-state index contributed by atoms with van der Waals surface area (Å²) < 4.78 is 25.8. The van der Waals surface area contributed by atoms with Gasteiger partial charge in [-0.2, -0.15) is 0 Å². The number of phenols is 1. The van der Waals surface area contributed by atoms with Crippen molar-refractivity contribution in [3.8, 4) is 5.75 Å². The summed E-state index contributed by atoms with van der Waals surface area (Å²) in [5.74, 6) is -0.705. The van der Waals surface area contributed by atoms with E-state index in [1.54, 1.807) is 0 Å². The topological polar surface area (TPSA) is 95.5 Å². The fraction of sp³-hybridized carbons (Fsp3) is 0.364. The van der Waals surface area contributed by atoms with Crippen molar-refractivity contribution in [2.24, 2.45) is 0 Å². The lowest BCUT2D eigenvalue weighted by Crippen LogP contribution is -2.37. The van der Waals surface area contributed by atoms with Gasteiger partial charge in [-0.1, -0.05) is 12.1 Å². The molecule has 2 rings (SSSR count). The van der Waals surface area contributed by atoms with Crippen molar-refractivity contribution in [2.45, 2.75) is 23.8 Å². The van der Waals surface area contributed by atoms with E-state index in [1.165, 1.54) is 24.3 Å². The number of hydrogen-bond donors (Lipinski definition) is 3. The van der Waals surface area contributed by atoms with Crippen LogP contribution in [0.2, 0.25) is 0 Å². The Balaban J connectivity index is 1.98. The number of carbonyl (C=O) groups is 1. The molecule has 1 aromatic carbocycles. The van der Waals surface area contributed by atoms with Crippen molar-refractivity contribution in [1.82, 2.24) is 10.0 Å². The second-order valence-electron chi connectivity index (χ2n) is 4.13. The van der Waals surface area contributed by atoms with Crippen LogP contribution in [0.5, 0.6) is 5.75 Å². The van der Waals surface area contributed by atoms with E-state index < -0.39 is 10.0 Å². The molecule has 1 saturated carbocycles. The Morgan fingerprint density at radius 1 is 1.33 bits per heavy atom. The van der Waals surface area contributed by atoms with Gasteiger partial charge in [0.1, 0.15) is 10.6 Å². The largest absolute Gasteiger partial charge is 0.507 e. The van der Waals surface area contributed by atoms with Gasteiger partial charge in [0, 0.05) is 6.04 Å². The summed E-state index contributed by atoms with van der Waals surface area (Å²) >= 11 is 0. The number of sulfonamides is 1. The Morgan fingerprint density at radius 2 is 2.00 bits per heavy atom. The maximum atomic E-state index is 11.8. The van der Waals surface area contributed by atoms with Crippen LogP contribution in [0.1, 0.15) is 12.8 Å². The highest BCUT2D eigenvalue weighted by Crippen LogP contribution is 2.21. The zero-order valence-corrected chi connectivity index (χ0v) is 10.4. The van der Waals surface area contributed by atoms with Gasteiger partial charge in [0.2, 0.25) is 15.9 Å². The minimum absolute atomic E-state index is 0.187. The molecule has 1 fully saturated rings. The first-order valence-corrected chi connectivity index (χ1v) is 7.04. The molecule has 1 aliphatic rings. The molecule has 0 heterocycles. The number of para-hydroxylation sites is 1. The molecule has 7 heteroatoms. The average molecular weight is 270 g/mol. The van der Waals surface area contributed by atoms with E-state index in [-0.39, 0.29) is 29.1 Å². The smallest absolute Gasteiger partial charge is 0.244 e. The molecule has 1 amide bonds. The van der Waals surface area contributed by atoms with Gasteiger partial charge in [-0.3, -0.25) is 4.79 Å². The lowest BCUT2D eigenvalue weighted by molar-refractivity contribution is -0.120. The number of benzene rings is 1. The highest BCUT2D eigenvalue weighted by Gasteiger charge is 2.24. The van der Waals surface area contributed by atoms with Gasteiger partial charge in [-0.25, -0.2) is 13.1 Å². The van der Waals surface area contributed by atoms with Crippen LogP contribution in [-0.4, -0.2) is 32.0 Å². The molecule has 3 N–H and O–H groups in total. The molecule has 0 aromatic heterocycles. The fourth-order valence-electron chi connectivity index (χ4n) is 1.43. The summed E-state index contributed by atoms with van der Waals surface area (Å²) in [5, 5.41) is 12.1. The van der Waals surface area contributed by atoms with Crippen molar-refractivity contribution in [3.63, 3.8) is 0 Å². The summed E-state index contributed by atoms with van der Waals surface area (Å²) in [5.41, 5.74) is 0. The summed E-state index contributed by atoms with van der Waals surface area (Å²) in [7, 11) is -3.86. The number of hydrogen-bond acceptors (Lipinski definition) is 4. The Hall–Kier alpha value is -1.60. The predicted octanol–water partition coefficient (Wildman–Crippen LogP) is -0.0509. The van der Waals surface area contributed by atoms with Gasteiger partial charge in [0.15, 0.2) is 0 Å². The highest BCUT2D eigenvalue weighted by molar-refractivity contribution is 7.89. The maximum Gasteiger partial charge on any atom is 0.244 e. The lowest BCUT2D eigenvalue weighted by Gasteiger charge is -2.08. The molecule has 0 spiro atoms. The molecule has 6 nitrogen and oxygen atoms in total. The van der Waals surface area contributed by atoms with E-state index in [0.717, 1.165) is 12.8 Å². The van der Waals surface area contributed by atoms with Crippen LogP contribution in [0, 0.1) is 0 Å². The predicted molar refractivity (Wildman–Crippen MR) is 64.5 cm³/mol. The van der Waals surface area contributed by atoms with Crippen molar-refractivity contribution >= 4 is 15.9 Å². The zero-order chi connectivity index (χ0) is 13.2. The number of nitrogens with one attached hydrogen (secondary N) is 2. The second-order valence-corrected chi connectivity index (χ2v) is 5.87. The molecule has 98 valence electrons. The first-order valence-electron chi connectivity index (χ1n) is 5.56. The monoisotopic (exact) mass is 270 g/mol. The van der Waals surface area contributed by atoms with Gasteiger partial charge < -0.3 is 10.4 Å². The molecule has 0 saturated heterocycles. The Morgan fingerprint density at radius 3 is 2.61 bits per heavy atom. The van der Waals surface area contributed by atoms with E-state index in [2.05, 4.69) is 10.0 Å². The number of aromatic hydroxyl groups is 1. The highest BCUT2D eigenvalue weighted by atomic mass is 32.2. The third kappa shape index (κ3) is 3.21. The van der Waals surface area contributed by atoms with E-state index >= 15 is 0 Å². The summed E-state index contributed by atoms with van der Waals surface area (Å²) in [4.78, 5) is 11.1. The molecule has 18 heavy (non-hydrogen) atoms. The summed E-state index contributed by atoms with van der Waals surface area (Å²) in [6.45, 7) is -0.326. The molecule has 0 unspecified atom stereocenters. The van der Waals surface area contributed by atoms with Crippen LogP contribution in [0.3, 0.4) is 0 Å². The molecule has 1 aliphatic carbocycles. The third-order valence-electron chi connectivity index (χ3n) is 2.52. The molecular formula is C11H14N2O4S. The summed E-state index contributed by atoms with van der Waals surface area (Å²) in [6.07, 6.45) is 1.88. The van der Waals surface area contributed by atoms with Gasteiger partial charge in [0.25, 0.3) is 0 Å².